The van der Waals surface area contributed by atoms with Crippen LogP contribution < -0.4 is 10.6 Å². The Labute approximate surface area is 133 Å². The van der Waals surface area contributed by atoms with Crippen LogP contribution >= 0.6 is 0 Å². The van der Waals surface area contributed by atoms with E-state index in [0.717, 1.165) is 31.0 Å². The van der Waals surface area contributed by atoms with Crippen molar-refractivity contribution in [3.05, 3.63) is 29.8 Å². The van der Waals surface area contributed by atoms with Gasteiger partial charge in [-0.05, 0) is 37.8 Å². The van der Waals surface area contributed by atoms with E-state index in [4.69, 9.17) is 0 Å². The molecule has 1 aliphatic carbocycles. The number of anilines is 1. The van der Waals surface area contributed by atoms with Crippen molar-refractivity contribution in [3.63, 3.8) is 0 Å². The van der Waals surface area contributed by atoms with Gasteiger partial charge < -0.3 is 15.5 Å². The summed E-state index contributed by atoms with van der Waals surface area (Å²) in [7, 11) is 0. The van der Waals surface area contributed by atoms with Crippen LogP contribution in [0.25, 0.3) is 0 Å². The molecule has 1 saturated heterocycles. The minimum Gasteiger partial charge on any atom is -0.335 e. The predicted octanol–water partition coefficient (Wildman–Crippen LogP) is 2.49. The maximum atomic E-state index is 13.6. The molecule has 1 unspecified atom stereocenters. The molecule has 23 heavy (non-hydrogen) atoms. The summed E-state index contributed by atoms with van der Waals surface area (Å²) >= 11 is 0. The average Bonchev–Trinajstić information content (AvgIpc) is 3.35. The standard InChI is InChI=1S/C16H19F2N3O2/c17-11-3-6-13(18)14(8-11)20-15(22)10-2-1-7-21(9-10)16(23)19-12-4-5-12/h3,6,8,10,12H,1-2,4-5,7,9H2,(H,19,23)(H,20,22). The molecule has 1 heterocycles. The van der Waals surface area contributed by atoms with Gasteiger partial charge in [0, 0.05) is 25.2 Å². The quantitative estimate of drug-likeness (QED) is 0.898. The Bertz CT molecular complexity index is 619. The van der Waals surface area contributed by atoms with Crippen LogP contribution in [0.4, 0.5) is 19.3 Å². The van der Waals surface area contributed by atoms with E-state index in [9.17, 15) is 18.4 Å². The third kappa shape index (κ3) is 3.97. The highest BCUT2D eigenvalue weighted by atomic mass is 19.1. The summed E-state index contributed by atoms with van der Waals surface area (Å²) in [5.74, 6) is -2.11. The molecule has 0 bridgehead atoms. The van der Waals surface area contributed by atoms with Crippen LogP contribution in [0.15, 0.2) is 18.2 Å². The van der Waals surface area contributed by atoms with Gasteiger partial charge in [0.15, 0.2) is 0 Å². The number of hydrogen-bond donors (Lipinski definition) is 2. The summed E-state index contributed by atoms with van der Waals surface area (Å²) in [6.07, 6.45) is 3.34. The number of nitrogens with zero attached hydrogens (tertiary/aromatic N) is 1. The van der Waals surface area contributed by atoms with E-state index in [1.807, 2.05) is 0 Å². The fraction of sp³-hybridized carbons (Fsp3) is 0.500. The van der Waals surface area contributed by atoms with E-state index >= 15 is 0 Å². The Morgan fingerprint density at radius 3 is 2.70 bits per heavy atom. The van der Waals surface area contributed by atoms with Crippen LogP contribution in [0.2, 0.25) is 0 Å². The van der Waals surface area contributed by atoms with Crippen molar-refractivity contribution in [3.8, 4) is 0 Å². The van der Waals surface area contributed by atoms with Gasteiger partial charge in [-0.3, -0.25) is 4.79 Å². The van der Waals surface area contributed by atoms with Crippen LogP contribution in [-0.4, -0.2) is 36.0 Å². The predicted molar refractivity (Wildman–Crippen MR) is 80.8 cm³/mol. The van der Waals surface area contributed by atoms with Crippen molar-refractivity contribution >= 4 is 17.6 Å². The number of halogens is 2. The summed E-state index contributed by atoms with van der Waals surface area (Å²) in [5.41, 5.74) is -0.172. The number of piperidine rings is 1. The third-order valence-electron chi connectivity index (χ3n) is 4.17. The second kappa shape index (κ2) is 6.52. The maximum Gasteiger partial charge on any atom is 0.317 e. The lowest BCUT2D eigenvalue weighted by Crippen LogP contribution is -2.48. The van der Waals surface area contributed by atoms with E-state index in [1.165, 1.54) is 0 Å². The molecular formula is C16H19F2N3O2. The first-order valence-corrected chi connectivity index (χ1v) is 7.84. The molecule has 1 aromatic carbocycles. The summed E-state index contributed by atoms with van der Waals surface area (Å²) in [4.78, 5) is 25.9. The number of benzene rings is 1. The largest absolute Gasteiger partial charge is 0.335 e. The summed E-state index contributed by atoms with van der Waals surface area (Å²) in [5, 5.41) is 5.32. The molecule has 2 N–H and O–H groups in total. The van der Waals surface area contributed by atoms with E-state index in [0.29, 0.717) is 25.9 Å². The summed E-state index contributed by atoms with van der Waals surface area (Å²) in [6, 6.07) is 3.03. The van der Waals surface area contributed by atoms with E-state index in [1.54, 1.807) is 4.90 Å². The van der Waals surface area contributed by atoms with Gasteiger partial charge in [0.25, 0.3) is 0 Å². The van der Waals surface area contributed by atoms with Gasteiger partial charge in [0.1, 0.15) is 11.6 Å². The Morgan fingerprint density at radius 1 is 1.17 bits per heavy atom. The van der Waals surface area contributed by atoms with Crippen molar-refractivity contribution in [2.24, 2.45) is 5.92 Å². The number of carbonyl (C=O) groups is 2. The highest BCUT2D eigenvalue weighted by Crippen LogP contribution is 2.23. The first kappa shape index (κ1) is 15.7. The van der Waals surface area contributed by atoms with Gasteiger partial charge in [-0.15, -0.1) is 0 Å². The normalized spacial score (nSPS) is 21.0. The van der Waals surface area contributed by atoms with Crippen LogP contribution in [0.5, 0.6) is 0 Å². The molecule has 1 aliphatic heterocycles. The molecule has 0 spiro atoms. The van der Waals surface area contributed by atoms with Gasteiger partial charge in [-0.25, -0.2) is 13.6 Å². The molecule has 124 valence electrons. The lowest BCUT2D eigenvalue weighted by molar-refractivity contribution is -0.121. The van der Waals surface area contributed by atoms with Crippen molar-refractivity contribution in [2.75, 3.05) is 18.4 Å². The average molecular weight is 323 g/mol. The van der Waals surface area contributed by atoms with Crippen LogP contribution in [0.1, 0.15) is 25.7 Å². The van der Waals surface area contributed by atoms with Crippen LogP contribution in [0, 0.1) is 17.6 Å². The van der Waals surface area contributed by atoms with E-state index in [2.05, 4.69) is 10.6 Å². The van der Waals surface area contributed by atoms with Gasteiger partial charge in [-0.2, -0.15) is 0 Å². The fourth-order valence-electron chi connectivity index (χ4n) is 2.70. The molecule has 3 rings (SSSR count). The molecule has 3 amide bonds. The van der Waals surface area contributed by atoms with E-state index in [-0.39, 0.29) is 17.8 Å². The van der Waals surface area contributed by atoms with Gasteiger partial charge in [-0.1, -0.05) is 0 Å². The van der Waals surface area contributed by atoms with Crippen molar-refractivity contribution < 1.29 is 18.4 Å². The zero-order valence-corrected chi connectivity index (χ0v) is 12.6. The van der Waals surface area contributed by atoms with Gasteiger partial charge in [0.2, 0.25) is 5.91 Å². The molecule has 1 atom stereocenters. The Balaban J connectivity index is 1.60. The number of rotatable bonds is 3. The molecule has 2 aliphatic rings. The number of urea groups is 1. The molecular weight excluding hydrogens is 304 g/mol. The van der Waals surface area contributed by atoms with Crippen LogP contribution in [-0.2, 0) is 4.79 Å². The number of nitrogens with one attached hydrogen (secondary N) is 2. The Hall–Kier alpha value is -2.18. The topological polar surface area (TPSA) is 61.4 Å². The molecule has 0 radical (unpaired) electrons. The molecule has 0 aromatic heterocycles. The number of hydrogen-bond acceptors (Lipinski definition) is 2. The minimum atomic E-state index is -0.682. The Kier molecular flexibility index (Phi) is 4.45. The zero-order valence-electron chi connectivity index (χ0n) is 12.6. The molecule has 1 aromatic rings. The Morgan fingerprint density at radius 2 is 1.96 bits per heavy atom. The zero-order chi connectivity index (χ0) is 16.4. The lowest BCUT2D eigenvalue weighted by atomic mass is 9.97. The lowest BCUT2D eigenvalue weighted by Gasteiger charge is -2.32. The monoisotopic (exact) mass is 323 g/mol. The van der Waals surface area contributed by atoms with Crippen molar-refractivity contribution in [1.82, 2.24) is 10.2 Å². The first-order chi connectivity index (χ1) is 11.0. The number of carbonyl (C=O) groups excluding carboxylic acids is 2. The highest BCUT2D eigenvalue weighted by molar-refractivity contribution is 5.93. The maximum absolute atomic E-state index is 13.6. The van der Waals surface area contributed by atoms with Crippen molar-refractivity contribution in [2.45, 2.75) is 31.7 Å². The molecule has 7 heteroatoms. The smallest absolute Gasteiger partial charge is 0.317 e. The molecule has 5 nitrogen and oxygen atoms in total. The summed E-state index contributed by atoms with van der Waals surface area (Å²) < 4.78 is 26.8. The summed E-state index contributed by atoms with van der Waals surface area (Å²) in [6.45, 7) is 0.901. The fourth-order valence-corrected chi connectivity index (χ4v) is 2.70. The van der Waals surface area contributed by atoms with Crippen molar-refractivity contribution in [1.29, 1.82) is 0 Å². The van der Waals surface area contributed by atoms with Gasteiger partial charge in [0.05, 0.1) is 11.6 Å². The minimum absolute atomic E-state index is 0.151. The highest BCUT2D eigenvalue weighted by Gasteiger charge is 2.31. The third-order valence-corrected chi connectivity index (χ3v) is 4.17. The SMILES string of the molecule is O=C(Nc1cc(F)ccc1F)C1CCCN(C(=O)NC2CC2)C1. The van der Waals surface area contributed by atoms with Crippen LogP contribution in [0.3, 0.4) is 0 Å². The number of likely N-dealkylation sites (tertiary alicyclic amines) is 1. The second-order valence-electron chi connectivity index (χ2n) is 6.12. The van der Waals surface area contributed by atoms with E-state index < -0.39 is 23.5 Å². The molecule has 2 fully saturated rings. The second-order valence-corrected chi connectivity index (χ2v) is 6.12. The van der Waals surface area contributed by atoms with Gasteiger partial charge >= 0.3 is 6.03 Å². The molecule has 1 saturated carbocycles. The first-order valence-electron chi connectivity index (χ1n) is 7.84. The number of amides is 3.